The highest BCUT2D eigenvalue weighted by molar-refractivity contribution is 6.06. The first-order valence-electron chi connectivity index (χ1n) is 11.1. The molecule has 0 aromatic heterocycles. The van der Waals surface area contributed by atoms with Crippen molar-refractivity contribution in [3.05, 3.63) is 60.2 Å². The van der Waals surface area contributed by atoms with Crippen LogP contribution in [0.5, 0.6) is 11.5 Å². The quantitative estimate of drug-likeness (QED) is 0.563. The van der Waals surface area contributed by atoms with Crippen LogP contribution >= 0.6 is 0 Å². The van der Waals surface area contributed by atoms with Crippen LogP contribution in [0.1, 0.15) is 32.3 Å². The lowest BCUT2D eigenvalue weighted by atomic mass is 9.99. The molecule has 2 aliphatic rings. The van der Waals surface area contributed by atoms with Crippen LogP contribution in [0.2, 0.25) is 0 Å². The zero-order valence-corrected chi connectivity index (χ0v) is 17.9. The van der Waals surface area contributed by atoms with Crippen LogP contribution in [-0.4, -0.2) is 45.4 Å². The van der Waals surface area contributed by atoms with Gasteiger partial charge in [-0.15, -0.1) is 0 Å². The van der Waals surface area contributed by atoms with Gasteiger partial charge in [0.1, 0.15) is 23.9 Å². The van der Waals surface area contributed by atoms with Crippen LogP contribution < -0.4 is 14.8 Å². The minimum atomic E-state index is 0. The molecule has 3 aromatic rings. The summed E-state index contributed by atoms with van der Waals surface area (Å²) < 4.78 is 17.4. The predicted octanol–water partition coefficient (Wildman–Crippen LogP) is 5.45. The lowest BCUT2D eigenvalue weighted by Gasteiger charge is -2.23. The summed E-state index contributed by atoms with van der Waals surface area (Å²) in [7, 11) is 1.69. The molecule has 1 atom stereocenters. The van der Waals surface area contributed by atoms with Crippen molar-refractivity contribution in [2.24, 2.45) is 4.99 Å². The van der Waals surface area contributed by atoms with E-state index >= 15 is 0 Å². The Bertz CT molecular complexity index is 1090. The predicted molar refractivity (Wildman–Crippen MR) is 131 cm³/mol. The number of hydrogen-bond donors (Lipinski definition) is 1. The maximum atomic E-state index is 6.28. The molecule has 2 heterocycles. The molecule has 168 valence electrons. The number of fused-ring (bicyclic) bond motifs is 1. The van der Waals surface area contributed by atoms with Crippen LogP contribution in [0, 0.1) is 0 Å². The number of ether oxygens (including phenoxy) is 3. The molecule has 1 fully saturated rings. The van der Waals surface area contributed by atoms with Gasteiger partial charge in [-0.2, -0.15) is 0 Å². The molecule has 0 spiro atoms. The summed E-state index contributed by atoms with van der Waals surface area (Å²) in [6.07, 6.45) is 3.59. The topological polar surface area (TPSA) is 52.1 Å². The first-order chi connectivity index (χ1) is 15.3. The molecule has 0 saturated carbocycles. The number of nitrogens with zero attached hydrogens (tertiary/aromatic N) is 1. The minimum Gasteiger partial charge on any atom is -0.497 e. The third-order valence-corrected chi connectivity index (χ3v) is 5.99. The second-order valence-electron chi connectivity index (χ2n) is 8.10. The zero-order valence-electron chi connectivity index (χ0n) is 17.9. The van der Waals surface area contributed by atoms with Gasteiger partial charge in [0.25, 0.3) is 0 Å². The standard InChI is InChI=1S/C26H28N2O3.CH4/c1-29-22-9-7-18(8-10-22)19-5-6-20-16-25(31-17-23-4-2-3-13-30-23)24(15-21(20)14-19)26-27-11-12-28-26;/h5-10,14-16,23H,2-4,11-13,17H2,1H3,(H,27,28);1H4. The number of nitrogens with one attached hydrogen (secondary N) is 1. The second kappa shape index (κ2) is 10.0. The number of amidine groups is 1. The highest BCUT2D eigenvalue weighted by Crippen LogP contribution is 2.31. The van der Waals surface area contributed by atoms with E-state index in [2.05, 4.69) is 52.8 Å². The fourth-order valence-corrected chi connectivity index (χ4v) is 4.24. The molecule has 0 radical (unpaired) electrons. The molecule has 5 nitrogen and oxygen atoms in total. The third kappa shape index (κ3) is 4.73. The van der Waals surface area contributed by atoms with Crippen LogP contribution in [0.4, 0.5) is 0 Å². The van der Waals surface area contributed by atoms with Gasteiger partial charge < -0.3 is 19.5 Å². The summed E-state index contributed by atoms with van der Waals surface area (Å²) in [4.78, 5) is 4.65. The van der Waals surface area contributed by atoms with Crippen molar-refractivity contribution >= 4 is 16.6 Å². The second-order valence-corrected chi connectivity index (χ2v) is 8.10. The molecular weight excluding hydrogens is 400 g/mol. The van der Waals surface area contributed by atoms with E-state index in [1.807, 2.05) is 12.1 Å². The summed E-state index contributed by atoms with van der Waals surface area (Å²) in [5.74, 6) is 2.64. The first kappa shape index (κ1) is 22.2. The van der Waals surface area contributed by atoms with Crippen molar-refractivity contribution < 1.29 is 14.2 Å². The Labute approximate surface area is 190 Å². The first-order valence-corrected chi connectivity index (χ1v) is 11.1. The van der Waals surface area contributed by atoms with Gasteiger partial charge in [0.05, 0.1) is 25.3 Å². The average Bonchev–Trinajstić information content (AvgIpc) is 3.37. The van der Waals surface area contributed by atoms with Crippen molar-refractivity contribution in [2.75, 3.05) is 33.4 Å². The Morgan fingerprint density at radius 1 is 1.00 bits per heavy atom. The fourth-order valence-electron chi connectivity index (χ4n) is 4.24. The Balaban J connectivity index is 0.00000245. The molecule has 0 bridgehead atoms. The Morgan fingerprint density at radius 3 is 2.56 bits per heavy atom. The van der Waals surface area contributed by atoms with Gasteiger partial charge in [0.15, 0.2) is 0 Å². The minimum absolute atomic E-state index is 0. The van der Waals surface area contributed by atoms with E-state index in [4.69, 9.17) is 14.2 Å². The Morgan fingerprint density at radius 2 is 1.84 bits per heavy atom. The molecule has 0 amide bonds. The third-order valence-electron chi connectivity index (χ3n) is 5.99. The molecule has 3 aromatic carbocycles. The van der Waals surface area contributed by atoms with Gasteiger partial charge in [0.2, 0.25) is 0 Å². The summed E-state index contributed by atoms with van der Waals surface area (Å²) in [6, 6.07) is 19.0. The van der Waals surface area contributed by atoms with Crippen molar-refractivity contribution in [2.45, 2.75) is 32.8 Å². The molecule has 1 N–H and O–H groups in total. The monoisotopic (exact) mass is 432 g/mol. The average molecular weight is 433 g/mol. The summed E-state index contributed by atoms with van der Waals surface area (Å²) in [5.41, 5.74) is 3.36. The van der Waals surface area contributed by atoms with Gasteiger partial charge in [-0.1, -0.05) is 31.7 Å². The summed E-state index contributed by atoms with van der Waals surface area (Å²) >= 11 is 0. The van der Waals surface area contributed by atoms with Crippen LogP contribution in [0.25, 0.3) is 21.9 Å². The van der Waals surface area contributed by atoms with Gasteiger partial charge >= 0.3 is 0 Å². The van der Waals surface area contributed by atoms with Gasteiger partial charge in [-0.25, -0.2) is 0 Å². The van der Waals surface area contributed by atoms with Crippen molar-refractivity contribution in [3.8, 4) is 22.6 Å². The van der Waals surface area contributed by atoms with Crippen LogP contribution in [0.15, 0.2) is 59.6 Å². The molecule has 1 unspecified atom stereocenters. The molecule has 1 saturated heterocycles. The lowest BCUT2D eigenvalue weighted by Crippen LogP contribution is -2.27. The molecule has 0 aliphatic carbocycles. The highest BCUT2D eigenvalue weighted by atomic mass is 16.5. The van der Waals surface area contributed by atoms with E-state index in [1.165, 1.54) is 17.4 Å². The van der Waals surface area contributed by atoms with Crippen molar-refractivity contribution in [1.29, 1.82) is 0 Å². The zero-order chi connectivity index (χ0) is 21.0. The van der Waals surface area contributed by atoms with Crippen molar-refractivity contribution in [1.82, 2.24) is 5.32 Å². The van der Waals surface area contributed by atoms with Gasteiger partial charge in [-0.05, 0) is 71.5 Å². The normalized spacial score (nSPS) is 17.9. The molecule has 32 heavy (non-hydrogen) atoms. The van der Waals surface area contributed by atoms with Gasteiger partial charge in [-0.3, -0.25) is 4.99 Å². The fraction of sp³-hybridized carbons (Fsp3) is 0.370. The van der Waals surface area contributed by atoms with E-state index in [1.54, 1.807) is 7.11 Å². The molecule has 5 heteroatoms. The van der Waals surface area contributed by atoms with Crippen molar-refractivity contribution in [3.63, 3.8) is 0 Å². The number of methoxy groups -OCH3 is 1. The molecule has 5 rings (SSSR count). The summed E-state index contributed by atoms with van der Waals surface area (Å²) in [6.45, 7) is 3.07. The largest absolute Gasteiger partial charge is 0.497 e. The maximum absolute atomic E-state index is 6.28. The van der Waals surface area contributed by atoms with Crippen LogP contribution in [0.3, 0.4) is 0 Å². The van der Waals surface area contributed by atoms with E-state index in [-0.39, 0.29) is 13.5 Å². The number of hydrogen-bond acceptors (Lipinski definition) is 5. The number of aliphatic imine (C=N–C) groups is 1. The highest BCUT2D eigenvalue weighted by Gasteiger charge is 2.19. The van der Waals surface area contributed by atoms with Gasteiger partial charge in [0, 0.05) is 13.2 Å². The molecular formula is C27H32N2O3. The Hall–Kier alpha value is -3.05. The van der Waals surface area contributed by atoms with E-state index in [0.717, 1.165) is 66.4 Å². The maximum Gasteiger partial charge on any atom is 0.132 e. The van der Waals surface area contributed by atoms with E-state index in [9.17, 15) is 0 Å². The molecule has 2 aliphatic heterocycles. The SMILES string of the molecule is C.COc1ccc(-c2ccc3cc(OCC4CCCCO4)c(C4=NCCN4)cc3c2)cc1. The number of rotatable bonds is 6. The Kier molecular flexibility index (Phi) is 6.96. The lowest BCUT2D eigenvalue weighted by molar-refractivity contribution is -0.0110. The van der Waals surface area contributed by atoms with Crippen LogP contribution in [-0.2, 0) is 4.74 Å². The summed E-state index contributed by atoms with van der Waals surface area (Å²) in [5, 5.41) is 5.72. The number of benzene rings is 3. The smallest absolute Gasteiger partial charge is 0.132 e. The van der Waals surface area contributed by atoms with E-state index in [0.29, 0.717) is 6.61 Å². The van der Waals surface area contributed by atoms with E-state index < -0.39 is 0 Å².